The van der Waals surface area contributed by atoms with Crippen LogP contribution < -0.4 is 5.32 Å². The van der Waals surface area contributed by atoms with E-state index in [9.17, 15) is 15.2 Å². The van der Waals surface area contributed by atoms with Gasteiger partial charge in [0.05, 0.1) is 22.7 Å². The van der Waals surface area contributed by atoms with Gasteiger partial charge in [0.25, 0.3) is 5.69 Å². The zero-order chi connectivity index (χ0) is 18.6. The monoisotopic (exact) mass is 357 g/mol. The molecule has 0 saturated carbocycles. The van der Waals surface area contributed by atoms with E-state index in [0.717, 1.165) is 5.56 Å². The molecule has 0 amide bonds. The van der Waals surface area contributed by atoms with E-state index in [1.165, 1.54) is 12.4 Å². The van der Waals surface area contributed by atoms with Gasteiger partial charge in [-0.15, -0.1) is 0 Å². The molecule has 3 unspecified atom stereocenters. The lowest BCUT2D eigenvalue weighted by molar-refractivity contribution is -0.387. The van der Waals surface area contributed by atoms with Gasteiger partial charge in [-0.2, -0.15) is 0 Å². The second-order valence-corrected chi connectivity index (χ2v) is 6.47. The highest BCUT2D eigenvalue weighted by atomic mass is 16.6. The zero-order valence-electron chi connectivity index (χ0n) is 14.7. The lowest BCUT2D eigenvalue weighted by atomic mass is 9.90. The molecule has 1 fully saturated rings. The first-order valence-electron chi connectivity index (χ1n) is 8.79. The van der Waals surface area contributed by atoms with Gasteiger partial charge < -0.3 is 9.84 Å². The summed E-state index contributed by atoms with van der Waals surface area (Å²) in [5.74, 6) is 0. The Labute approximate surface area is 152 Å². The van der Waals surface area contributed by atoms with E-state index >= 15 is 0 Å². The molecule has 1 saturated heterocycles. The fourth-order valence-corrected chi connectivity index (χ4v) is 3.43. The van der Waals surface area contributed by atoms with Gasteiger partial charge in [0, 0.05) is 12.7 Å². The molecule has 0 aliphatic carbocycles. The summed E-state index contributed by atoms with van der Waals surface area (Å²) in [6, 6.07) is 11.5. The van der Waals surface area contributed by atoms with Crippen LogP contribution in [0.2, 0.25) is 0 Å². The molecule has 26 heavy (non-hydrogen) atoms. The molecule has 2 aromatic rings. The number of benzene rings is 1. The molecule has 2 N–H and O–H groups in total. The van der Waals surface area contributed by atoms with Gasteiger partial charge in [0.15, 0.2) is 0 Å². The van der Waals surface area contributed by atoms with Crippen LogP contribution in [-0.4, -0.2) is 26.8 Å². The van der Waals surface area contributed by atoms with Crippen molar-refractivity contribution in [1.82, 2.24) is 10.3 Å². The summed E-state index contributed by atoms with van der Waals surface area (Å²) in [5, 5.41) is 25.3. The lowest BCUT2D eigenvalue weighted by Gasteiger charge is -2.45. The average molecular weight is 357 g/mol. The van der Waals surface area contributed by atoms with Crippen LogP contribution >= 0.6 is 0 Å². The molecule has 0 radical (unpaired) electrons. The van der Waals surface area contributed by atoms with E-state index in [2.05, 4.69) is 10.3 Å². The topological polar surface area (TPSA) is 97.5 Å². The van der Waals surface area contributed by atoms with Crippen LogP contribution in [0.25, 0.3) is 0 Å². The first-order valence-corrected chi connectivity index (χ1v) is 8.79. The quantitative estimate of drug-likeness (QED) is 0.609. The molecule has 1 aliphatic heterocycles. The third kappa shape index (κ3) is 3.75. The molecular weight excluding hydrogens is 334 g/mol. The number of hydrogen-bond acceptors (Lipinski definition) is 6. The van der Waals surface area contributed by atoms with Gasteiger partial charge in [-0.1, -0.05) is 37.3 Å². The minimum absolute atomic E-state index is 0.0537. The van der Waals surface area contributed by atoms with Crippen molar-refractivity contribution >= 4 is 5.69 Å². The van der Waals surface area contributed by atoms with Crippen molar-refractivity contribution in [2.24, 2.45) is 0 Å². The third-order valence-electron chi connectivity index (χ3n) is 4.93. The maximum Gasteiger partial charge on any atom is 0.293 e. The fourth-order valence-electron chi connectivity index (χ4n) is 3.43. The molecule has 1 aromatic heterocycles. The van der Waals surface area contributed by atoms with Crippen LogP contribution in [0.3, 0.4) is 0 Å². The smallest absolute Gasteiger partial charge is 0.293 e. The first-order chi connectivity index (χ1) is 12.6. The summed E-state index contributed by atoms with van der Waals surface area (Å²) in [4.78, 5) is 14.7. The Kier molecular flexibility index (Phi) is 5.61. The molecule has 2 heterocycles. The minimum atomic E-state index is -0.949. The third-order valence-corrected chi connectivity index (χ3v) is 4.93. The Bertz CT molecular complexity index is 755. The van der Waals surface area contributed by atoms with Crippen molar-refractivity contribution in [2.45, 2.75) is 50.7 Å². The van der Waals surface area contributed by atoms with Crippen LogP contribution in [0.15, 0.2) is 48.8 Å². The van der Waals surface area contributed by atoms with E-state index < -0.39 is 22.9 Å². The Balaban J connectivity index is 1.83. The molecule has 7 heteroatoms. The van der Waals surface area contributed by atoms with Gasteiger partial charge in [-0.25, -0.2) is 0 Å². The largest absolute Gasteiger partial charge is 0.389 e. The van der Waals surface area contributed by atoms with E-state index in [0.29, 0.717) is 31.4 Å². The van der Waals surface area contributed by atoms with Crippen molar-refractivity contribution in [3.8, 4) is 0 Å². The van der Waals surface area contributed by atoms with Crippen molar-refractivity contribution < 1.29 is 14.8 Å². The predicted octanol–water partition coefficient (Wildman–Crippen LogP) is 3.10. The summed E-state index contributed by atoms with van der Waals surface area (Å²) in [6.45, 7) is 2.47. The normalized spacial score (nSPS) is 25.8. The summed E-state index contributed by atoms with van der Waals surface area (Å²) in [7, 11) is 0. The van der Waals surface area contributed by atoms with Gasteiger partial charge >= 0.3 is 0 Å². The van der Waals surface area contributed by atoms with Crippen molar-refractivity contribution in [2.75, 3.05) is 0 Å². The number of aromatic nitrogens is 1. The highest BCUT2D eigenvalue weighted by Crippen LogP contribution is 2.40. The van der Waals surface area contributed by atoms with E-state index in [-0.39, 0.29) is 5.69 Å². The number of nitrogens with one attached hydrogen (secondary N) is 1. The minimum Gasteiger partial charge on any atom is -0.389 e. The molecule has 7 nitrogen and oxygen atoms in total. The second kappa shape index (κ2) is 7.90. The zero-order valence-corrected chi connectivity index (χ0v) is 14.7. The van der Waals surface area contributed by atoms with E-state index in [4.69, 9.17) is 4.74 Å². The number of hydrogen-bond donors (Lipinski definition) is 2. The van der Waals surface area contributed by atoms with Crippen LogP contribution in [0.5, 0.6) is 0 Å². The maximum absolute atomic E-state index is 11.3. The number of rotatable bonds is 6. The SMILES string of the molecule is CCC1(NCc2ccccc2)OC(c2ccncc2[N+](=O)[O-])CCC1O. The van der Waals surface area contributed by atoms with E-state index in [1.54, 1.807) is 6.07 Å². The molecule has 1 aromatic carbocycles. The number of aliphatic hydroxyl groups is 1. The standard InChI is InChI=1S/C19H23N3O4/c1-2-19(21-12-14-6-4-3-5-7-14)18(23)9-8-17(26-19)15-10-11-20-13-16(15)22(24)25/h3-7,10-11,13,17-18,21,23H,2,8-9,12H2,1H3. The summed E-state index contributed by atoms with van der Waals surface area (Å²) in [5.41, 5.74) is 0.571. The van der Waals surface area contributed by atoms with Crippen LogP contribution in [-0.2, 0) is 11.3 Å². The molecule has 138 valence electrons. The van der Waals surface area contributed by atoms with Gasteiger partial charge in [0.2, 0.25) is 0 Å². The van der Waals surface area contributed by atoms with Crippen LogP contribution in [0, 0.1) is 10.1 Å². The predicted molar refractivity (Wildman–Crippen MR) is 96.3 cm³/mol. The summed E-state index contributed by atoms with van der Waals surface area (Å²) in [6.07, 6.45) is 3.17. The van der Waals surface area contributed by atoms with Crippen molar-refractivity contribution in [3.05, 3.63) is 70.0 Å². The van der Waals surface area contributed by atoms with Gasteiger partial charge in [-0.3, -0.25) is 20.4 Å². The molecule has 0 spiro atoms. The number of aliphatic hydroxyl groups excluding tert-OH is 1. The van der Waals surface area contributed by atoms with Gasteiger partial charge in [-0.05, 0) is 30.9 Å². The Morgan fingerprint density at radius 1 is 1.35 bits per heavy atom. The summed E-state index contributed by atoms with van der Waals surface area (Å²) < 4.78 is 6.24. The number of nitro groups is 1. The fraction of sp³-hybridized carbons (Fsp3) is 0.421. The molecule has 3 rings (SSSR count). The van der Waals surface area contributed by atoms with Gasteiger partial charge in [0.1, 0.15) is 11.9 Å². The number of nitrogens with zero attached hydrogens (tertiary/aromatic N) is 2. The second-order valence-electron chi connectivity index (χ2n) is 6.47. The Hall–Kier alpha value is -2.35. The number of pyridine rings is 1. The molecule has 0 bridgehead atoms. The molecular formula is C19H23N3O4. The van der Waals surface area contributed by atoms with Crippen LogP contribution in [0.1, 0.15) is 43.4 Å². The van der Waals surface area contributed by atoms with Crippen LogP contribution in [0.4, 0.5) is 5.69 Å². The van der Waals surface area contributed by atoms with Crippen molar-refractivity contribution in [3.63, 3.8) is 0 Å². The van der Waals surface area contributed by atoms with Crippen molar-refractivity contribution in [1.29, 1.82) is 0 Å². The lowest BCUT2D eigenvalue weighted by Crippen LogP contribution is -2.58. The Morgan fingerprint density at radius 3 is 2.81 bits per heavy atom. The summed E-state index contributed by atoms with van der Waals surface area (Å²) >= 11 is 0. The highest BCUT2D eigenvalue weighted by molar-refractivity contribution is 5.39. The highest BCUT2D eigenvalue weighted by Gasteiger charge is 2.44. The average Bonchev–Trinajstić information content (AvgIpc) is 2.68. The maximum atomic E-state index is 11.3. The van der Waals surface area contributed by atoms with E-state index in [1.807, 2.05) is 37.3 Å². The first kappa shape index (κ1) is 18.4. The Morgan fingerprint density at radius 2 is 2.12 bits per heavy atom. The molecule has 3 atom stereocenters. The molecule has 1 aliphatic rings. The number of ether oxygens (including phenoxy) is 1.